The molecule has 1 aromatic rings. The maximum absolute atomic E-state index is 12.8. The molecule has 2 aliphatic rings. The van der Waals surface area contributed by atoms with Crippen LogP contribution in [-0.2, 0) is 4.79 Å². The normalized spacial score (nSPS) is 28.9. The second-order valence-corrected chi connectivity index (χ2v) is 8.94. The number of nitrogens with one attached hydrogen (secondary N) is 2. The minimum Gasteiger partial charge on any atom is -0.388 e. The lowest BCUT2D eigenvalue weighted by molar-refractivity contribution is -0.131. The molecule has 3 unspecified atom stereocenters. The number of nitrogens with zero attached hydrogens (tertiary/aromatic N) is 1. The largest absolute Gasteiger partial charge is 0.388 e. The molecule has 0 spiro atoms. The Morgan fingerprint density at radius 3 is 2.74 bits per heavy atom. The van der Waals surface area contributed by atoms with Gasteiger partial charge in [-0.15, -0.1) is 11.3 Å². The van der Waals surface area contributed by atoms with Crippen molar-refractivity contribution in [3.8, 4) is 0 Å². The molecule has 0 bridgehead atoms. The van der Waals surface area contributed by atoms with Crippen LogP contribution < -0.4 is 10.6 Å². The van der Waals surface area contributed by atoms with E-state index in [1.807, 2.05) is 24.4 Å². The fourth-order valence-corrected chi connectivity index (χ4v) is 5.07. The molecule has 0 aromatic carbocycles. The molecule has 3 rings (SSSR count). The molecule has 3 atom stereocenters. The fourth-order valence-electron chi connectivity index (χ4n) is 4.19. The van der Waals surface area contributed by atoms with Crippen molar-refractivity contribution in [3.63, 3.8) is 0 Å². The molecule has 1 aliphatic heterocycles. The third-order valence-corrected chi connectivity index (χ3v) is 6.77. The van der Waals surface area contributed by atoms with Gasteiger partial charge < -0.3 is 20.6 Å². The average molecular weight is 394 g/mol. The van der Waals surface area contributed by atoms with E-state index in [1.165, 1.54) is 0 Å². The molecule has 2 heterocycles. The molecule has 0 radical (unpaired) electrons. The van der Waals surface area contributed by atoms with Gasteiger partial charge in [-0.3, -0.25) is 4.79 Å². The summed E-state index contributed by atoms with van der Waals surface area (Å²) in [5, 5.41) is 19.1. The van der Waals surface area contributed by atoms with Gasteiger partial charge in [-0.2, -0.15) is 0 Å². The summed E-state index contributed by atoms with van der Waals surface area (Å²) in [6.45, 7) is 4.86. The third kappa shape index (κ3) is 4.46. The fraction of sp³-hybridized carbons (Fsp3) is 0.700. The van der Waals surface area contributed by atoms with Gasteiger partial charge in [-0.25, -0.2) is 4.79 Å². The minimum absolute atomic E-state index is 0.00940. The third-order valence-electron chi connectivity index (χ3n) is 5.83. The summed E-state index contributed by atoms with van der Waals surface area (Å²) in [4.78, 5) is 28.4. The molecule has 1 saturated carbocycles. The predicted octanol–water partition coefficient (Wildman–Crippen LogP) is 3.04. The highest BCUT2D eigenvalue weighted by molar-refractivity contribution is 7.10. The summed E-state index contributed by atoms with van der Waals surface area (Å²) in [5.41, 5.74) is -1.07. The Hall–Kier alpha value is -1.60. The van der Waals surface area contributed by atoms with Gasteiger partial charge in [-0.05, 0) is 44.1 Å². The van der Waals surface area contributed by atoms with Gasteiger partial charge in [0.25, 0.3) is 0 Å². The van der Waals surface area contributed by atoms with Gasteiger partial charge in [0.2, 0.25) is 5.91 Å². The van der Waals surface area contributed by atoms with Gasteiger partial charge >= 0.3 is 6.03 Å². The van der Waals surface area contributed by atoms with Crippen LogP contribution in [0.2, 0.25) is 0 Å². The van der Waals surface area contributed by atoms with Gasteiger partial charge in [0.05, 0.1) is 17.7 Å². The van der Waals surface area contributed by atoms with Crippen LogP contribution in [0.3, 0.4) is 0 Å². The van der Waals surface area contributed by atoms with E-state index in [0.29, 0.717) is 19.5 Å². The van der Waals surface area contributed by atoms with Crippen LogP contribution in [0.4, 0.5) is 4.79 Å². The Balaban J connectivity index is 1.87. The summed E-state index contributed by atoms with van der Waals surface area (Å²) >= 11 is 1.55. The summed E-state index contributed by atoms with van der Waals surface area (Å²) < 4.78 is 0. The van der Waals surface area contributed by atoms with E-state index < -0.39 is 11.6 Å². The molecule has 2 fully saturated rings. The Bertz CT molecular complexity index is 641. The van der Waals surface area contributed by atoms with Crippen LogP contribution in [0.5, 0.6) is 0 Å². The Morgan fingerprint density at radius 1 is 1.37 bits per heavy atom. The van der Waals surface area contributed by atoms with E-state index in [2.05, 4.69) is 10.6 Å². The lowest BCUT2D eigenvalue weighted by atomic mass is 9.81. The molecule has 1 saturated heterocycles. The maximum atomic E-state index is 12.8. The van der Waals surface area contributed by atoms with Gasteiger partial charge in [0.1, 0.15) is 0 Å². The zero-order valence-electron chi connectivity index (χ0n) is 16.2. The van der Waals surface area contributed by atoms with E-state index in [0.717, 1.165) is 37.0 Å². The molecule has 6 nitrogen and oxygen atoms in total. The number of aliphatic hydroxyl groups is 1. The molecule has 1 aromatic heterocycles. The van der Waals surface area contributed by atoms with Crippen molar-refractivity contribution in [2.45, 2.75) is 70.1 Å². The predicted molar refractivity (Wildman–Crippen MR) is 107 cm³/mol. The molecule has 7 heteroatoms. The average Bonchev–Trinajstić information content (AvgIpc) is 3.34. The number of thiophene rings is 1. The summed E-state index contributed by atoms with van der Waals surface area (Å²) in [5.74, 6) is 0.0317. The molecular formula is C20H31N3O3S. The van der Waals surface area contributed by atoms with Crippen molar-refractivity contribution >= 4 is 23.3 Å². The van der Waals surface area contributed by atoms with Crippen LogP contribution >= 0.6 is 11.3 Å². The summed E-state index contributed by atoms with van der Waals surface area (Å²) in [7, 11) is 0. The van der Waals surface area contributed by atoms with Crippen molar-refractivity contribution < 1.29 is 14.7 Å². The molecule has 3 amide bonds. The highest BCUT2D eigenvalue weighted by Gasteiger charge is 2.48. The molecular weight excluding hydrogens is 362 g/mol. The van der Waals surface area contributed by atoms with Crippen LogP contribution in [0.1, 0.15) is 63.3 Å². The monoisotopic (exact) mass is 393 g/mol. The first-order valence-electron chi connectivity index (χ1n) is 10.0. The number of carbonyl (C=O) groups excluding carboxylic acids is 2. The first-order chi connectivity index (χ1) is 12.9. The lowest BCUT2D eigenvalue weighted by Gasteiger charge is -2.48. The smallest absolute Gasteiger partial charge is 0.318 e. The second kappa shape index (κ2) is 8.61. The van der Waals surface area contributed by atoms with E-state index in [9.17, 15) is 14.7 Å². The number of likely N-dealkylation sites (tertiary alicyclic amines) is 1. The number of amides is 3. The van der Waals surface area contributed by atoms with Crippen molar-refractivity contribution in [3.05, 3.63) is 22.4 Å². The Kier molecular flexibility index (Phi) is 6.42. The number of hydrogen-bond acceptors (Lipinski definition) is 4. The molecule has 3 N–H and O–H groups in total. The number of urea groups is 1. The van der Waals surface area contributed by atoms with Crippen molar-refractivity contribution in [2.75, 3.05) is 13.1 Å². The van der Waals surface area contributed by atoms with Crippen molar-refractivity contribution in [1.29, 1.82) is 0 Å². The van der Waals surface area contributed by atoms with Crippen LogP contribution in [0.15, 0.2) is 17.5 Å². The SMILES string of the molecule is CCCNC(=O)N1CCC(C)(O)C(NC(=O)C2CCCC2)C1c1cccs1. The van der Waals surface area contributed by atoms with Crippen LogP contribution in [0.25, 0.3) is 0 Å². The maximum Gasteiger partial charge on any atom is 0.318 e. The topological polar surface area (TPSA) is 81.7 Å². The zero-order valence-corrected chi connectivity index (χ0v) is 17.1. The van der Waals surface area contributed by atoms with E-state index in [1.54, 1.807) is 23.2 Å². The van der Waals surface area contributed by atoms with Crippen molar-refractivity contribution in [1.82, 2.24) is 15.5 Å². The molecule has 27 heavy (non-hydrogen) atoms. The second-order valence-electron chi connectivity index (χ2n) is 7.96. The molecule has 150 valence electrons. The quantitative estimate of drug-likeness (QED) is 0.719. The van der Waals surface area contributed by atoms with Crippen molar-refractivity contribution in [2.24, 2.45) is 5.92 Å². The van der Waals surface area contributed by atoms with Gasteiger partial charge in [0.15, 0.2) is 0 Å². The summed E-state index contributed by atoms with van der Waals surface area (Å²) in [6.07, 6.45) is 5.28. The first kappa shape index (κ1) is 20.1. The van der Waals surface area contributed by atoms with Crippen LogP contribution in [-0.4, -0.2) is 46.7 Å². The first-order valence-corrected chi connectivity index (χ1v) is 10.9. The van der Waals surface area contributed by atoms with E-state index in [-0.39, 0.29) is 23.9 Å². The standard InChI is InChI=1S/C20H31N3O3S/c1-3-11-21-19(25)23-12-10-20(2,26)17(16(23)15-9-6-13-27-15)22-18(24)14-7-4-5-8-14/h6,9,13-14,16-17,26H,3-5,7-8,10-12H2,1-2H3,(H,21,25)(H,22,24). The highest BCUT2D eigenvalue weighted by atomic mass is 32.1. The zero-order chi connectivity index (χ0) is 19.4. The van der Waals surface area contributed by atoms with Gasteiger partial charge in [0, 0.05) is 23.9 Å². The minimum atomic E-state index is -1.07. The number of carbonyl (C=O) groups is 2. The Morgan fingerprint density at radius 2 is 2.11 bits per heavy atom. The number of piperidine rings is 1. The van der Waals surface area contributed by atoms with E-state index >= 15 is 0 Å². The molecule has 1 aliphatic carbocycles. The highest BCUT2D eigenvalue weighted by Crippen LogP contribution is 2.39. The van der Waals surface area contributed by atoms with E-state index in [4.69, 9.17) is 0 Å². The van der Waals surface area contributed by atoms with Crippen LogP contribution in [0, 0.1) is 5.92 Å². The summed E-state index contributed by atoms with van der Waals surface area (Å²) in [6, 6.07) is 2.90. The number of rotatable bonds is 5. The lowest BCUT2D eigenvalue weighted by Crippen LogP contribution is -2.64. The van der Waals surface area contributed by atoms with Gasteiger partial charge in [-0.1, -0.05) is 25.8 Å². The number of hydrogen-bond donors (Lipinski definition) is 3. The Labute approximate surface area is 165 Å².